The summed E-state index contributed by atoms with van der Waals surface area (Å²) in [5.74, 6) is 0.317. The van der Waals surface area contributed by atoms with Gasteiger partial charge in [-0.1, -0.05) is 41.4 Å². The van der Waals surface area contributed by atoms with E-state index in [0.29, 0.717) is 23.1 Å². The van der Waals surface area contributed by atoms with Crippen LogP contribution < -0.4 is 5.32 Å². The summed E-state index contributed by atoms with van der Waals surface area (Å²) in [5.41, 5.74) is 3.07. The van der Waals surface area contributed by atoms with Gasteiger partial charge in [-0.2, -0.15) is 10.2 Å². The number of aryl methyl sites for hydroxylation is 2. The summed E-state index contributed by atoms with van der Waals surface area (Å²) in [5, 5.41) is 11.8. The number of benzene rings is 1. The third-order valence-electron chi connectivity index (χ3n) is 3.53. The number of aromatic nitrogens is 4. The lowest BCUT2D eigenvalue weighted by Crippen LogP contribution is -2.19. The molecule has 0 unspecified atom stereocenters. The molecule has 1 amide bonds. The van der Waals surface area contributed by atoms with Gasteiger partial charge in [0.1, 0.15) is 6.54 Å². The molecule has 124 valence electrons. The molecule has 0 aliphatic carbocycles. The van der Waals surface area contributed by atoms with E-state index >= 15 is 0 Å². The number of amides is 1. The van der Waals surface area contributed by atoms with Gasteiger partial charge in [0.15, 0.2) is 5.82 Å². The fourth-order valence-electron chi connectivity index (χ4n) is 2.42. The van der Waals surface area contributed by atoms with Gasteiger partial charge in [-0.25, -0.2) is 0 Å². The molecule has 0 saturated carbocycles. The summed E-state index contributed by atoms with van der Waals surface area (Å²) in [6.45, 7) is 4.61. The highest BCUT2D eigenvalue weighted by Gasteiger charge is 2.09. The van der Waals surface area contributed by atoms with Crippen molar-refractivity contribution in [3.05, 3.63) is 64.6 Å². The minimum Gasteiger partial charge on any atom is -0.308 e. The standard InChI is InChI=1S/C17H18ClN5O/c1-12-4-3-5-14(8-12)9-22-7-6-16(21-22)19-17(24)11-23-10-15(18)13(2)20-23/h3-8,10H,9,11H2,1-2H3,(H,19,21,24). The molecule has 2 aromatic heterocycles. The molecule has 0 radical (unpaired) electrons. The second kappa shape index (κ2) is 6.88. The van der Waals surface area contributed by atoms with Crippen molar-refractivity contribution in [2.45, 2.75) is 26.9 Å². The highest BCUT2D eigenvalue weighted by molar-refractivity contribution is 6.31. The van der Waals surface area contributed by atoms with E-state index in [2.05, 4.69) is 40.6 Å². The summed E-state index contributed by atoms with van der Waals surface area (Å²) >= 11 is 5.93. The fourth-order valence-corrected chi connectivity index (χ4v) is 2.57. The highest BCUT2D eigenvalue weighted by Crippen LogP contribution is 2.12. The second-order valence-corrected chi connectivity index (χ2v) is 6.10. The van der Waals surface area contributed by atoms with E-state index in [-0.39, 0.29) is 12.5 Å². The Bertz CT molecular complexity index is 848. The van der Waals surface area contributed by atoms with Crippen molar-refractivity contribution < 1.29 is 4.79 Å². The first-order valence-electron chi connectivity index (χ1n) is 7.58. The molecule has 2 heterocycles. The maximum absolute atomic E-state index is 12.1. The van der Waals surface area contributed by atoms with Crippen LogP contribution in [0.4, 0.5) is 5.82 Å². The number of carbonyl (C=O) groups excluding carboxylic acids is 1. The lowest BCUT2D eigenvalue weighted by atomic mass is 10.1. The van der Waals surface area contributed by atoms with Crippen LogP contribution in [0.3, 0.4) is 0 Å². The van der Waals surface area contributed by atoms with E-state index < -0.39 is 0 Å². The molecule has 1 N–H and O–H groups in total. The van der Waals surface area contributed by atoms with E-state index in [4.69, 9.17) is 11.6 Å². The molecule has 3 rings (SSSR count). The van der Waals surface area contributed by atoms with Crippen LogP contribution in [0.1, 0.15) is 16.8 Å². The van der Waals surface area contributed by atoms with Crippen LogP contribution in [0.5, 0.6) is 0 Å². The maximum atomic E-state index is 12.1. The molecule has 1 aromatic carbocycles. The van der Waals surface area contributed by atoms with Crippen molar-refractivity contribution in [1.29, 1.82) is 0 Å². The number of hydrogen-bond acceptors (Lipinski definition) is 3. The van der Waals surface area contributed by atoms with Gasteiger partial charge >= 0.3 is 0 Å². The van der Waals surface area contributed by atoms with E-state index in [0.717, 1.165) is 5.56 Å². The van der Waals surface area contributed by atoms with Crippen LogP contribution in [-0.4, -0.2) is 25.5 Å². The Morgan fingerprint density at radius 1 is 1.21 bits per heavy atom. The first kappa shape index (κ1) is 16.3. The number of hydrogen-bond donors (Lipinski definition) is 1. The first-order valence-corrected chi connectivity index (χ1v) is 7.96. The Hall–Kier alpha value is -2.60. The van der Waals surface area contributed by atoms with E-state index in [9.17, 15) is 4.79 Å². The number of nitrogens with one attached hydrogen (secondary N) is 1. The number of halogens is 1. The first-order chi connectivity index (χ1) is 11.5. The number of anilines is 1. The van der Waals surface area contributed by atoms with Crippen LogP contribution in [0, 0.1) is 13.8 Å². The Morgan fingerprint density at radius 3 is 2.75 bits per heavy atom. The van der Waals surface area contributed by atoms with Crippen LogP contribution in [-0.2, 0) is 17.9 Å². The van der Waals surface area contributed by atoms with E-state index in [1.807, 2.05) is 12.3 Å². The minimum absolute atomic E-state index is 0.0955. The van der Waals surface area contributed by atoms with Gasteiger partial charge in [0.2, 0.25) is 5.91 Å². The fraction of sp³-hybridized carbons (Fsp3) is 0.235. The average molecular weight is 344 g/mol. The molecule has 7 heteroatoms. The zero-order valence-electron chi connectivity index (χ0n) is 13.5. The lowest BCUT2D eigenvalue weighted by Gasteiger charge is -2.04. The zero-order valence-corrected chi connectivity index (χ0v) is 14.3. The summed E-state index contributed by atoms with van der Waals surface area (Å²) in [6.07, 6.45) is 3.47. The third-order valence-corrected chi connectivity index (χ3v) is 3.90. The number of rotatable bonds is 5. The molecule has 0 saturated heterocycles. The molecule has 3 aromatic rings. The van der Waals surface area contributed by atoms with Gasteiger partial charge in [0.25, 0.3) is 0 Å². The van der Waals surface area contributed by atoms with Gasteiger partial charge in [0, 0.05) is 18.5 Å². The van der Waals surface area contributed by atoms with E-state index in [1.165, 1.54) is 10.2 Å². The molecular weight excluding hydrogens is 326 g/mol. The van der Waals surface area contributed by atoms with Crippen molar-refractivity contribution in [3.8, 4) is 0 Å². The molecule has 24 heavy (non-hydrogen) atoms. The lowest BCUT2D eigenvalue weighted by molar-refractivity contribution is -0.116. The molecule has 0 fully saturated rings. The van der Waals surface area contributed by atoms with Crippen molar-refractivity contribution in [3.63, 3.8) is 0 Å². The van der Waals surface area contributed by atoms with Crippen LogP contribution in [0.2, 0.25) is 5.02 Å². The molecule has 0 atom stereocenters. The molecule has 6 nitrogen and oxygen atoms in total. The zero-order chi connectivity index (χ0) is 17.1. The Morgan fingerprint density at radius 2 is 2.04 bits per heavy atom. The number of carbonyl (C=O) groups is 1. The largest absolute Gasteiger partial charge is 0.308 e. The Balaban J connectivity index is 1.60. The van der Waals surface area contributed by atoms with Crippen molar-refractivity contribution >= 4 is 23.3 Å². The third kappa shape index (κ3) is 4.02. The van der Waals surface area contributed by atoms with Gasteiger partial charge in [0.05, 0.1) is 17.3 Å². The maximum Gasteiger partial charge on any atom is 0.247 e. The van der Waals surface area contributed by atoms with E-state index in [1.54, 1.807) is 23.9 Å². The molecule has 0 bridgehead atoms. The smallest absolute Gasteiger partial charge is 0.247 e. The van der Waals surface area contributed by atoms with Gasteiger partial charge in [-0.3, -0.25) is 14.2 Å². The van der Waals surface area contributed by atoms with Crippen molar-refractivity contribution in [2.24, 2.45) is 0 Å². The van der Waals surface area contributed by atoms with Gasteiger partial charge in [-0.15, -0.1) is 0 Å². The molecule has 0 aliphatic heterocycles. The molecular formula is C17H18ClN5O. The summed E-state index contributed by atoms with van der Waals surface area (Å²) in [4.78, 5) is 12.1. The van der Waals surface area contributed by atoms with Crippen LogP contribution in [0.25, 0.3) is 0 Å². The quantitative estimate of drug-likeness (QED) is 0.774. The summed E-state index contributed by atoms with van der Waals surface area (Å²) in [6, 6.07) is 10.0. The number of nitrogens with zero attached hydrogens (tertiary/aromatic N) is 4. The second-order valence-electron chi connectivity index (χ2n) is 5.70. The van der Waals surface area contributed by atoms with Crippen LogP contribution in [0.15, 0.2) is 42.7 Å². The van der Waals surface area contributed by atoms with Crippen LogP contribution >= 0.6 is 11.6 Å². The summed E-state index contributed by atoms with van der Waals surface area (Å²) in [7, 11) is 0. The molecule has 0 aliphatic rings. The normalized spacial score (nSPS) is 10.8. The average Bonchev–Trinajstić information content (AvgIpc) is 3.06. The Labute approximate surface area is 145 Å². The van der Waals surface area contributed by atoms with Crippen molar-refractivity contribution in [1.82, 2.24) is 19.6 Å². The molecule has 0 spiro atoms. The predicted molar refractivity (Wildman–Crippen MR) is 93.1 cm³/mol. The highest BCUT2D eigenvalue weighted by atomic mass is 35.5. The SMILES string of the molecule is Cc1cccc(Cn2ccc(NC(=O)Cn3cc(Cl)c(C)n3)n2)c1. The monoisotopic (exact) mass is 343 g/mol. The van der Waals surface area contributed by atoms with Gasteiger partial charge in [-0.05, 0) is 19.4 Å². The van der Waals surface area contributed by atoms with Crippen molar-refractivity contribution in [2.75, 3.05) is 5.32 Å². The minimum atomic E-state index is -0.199. The summed E-state index contributed by atoms with van der Waals surface area (Å²) < 4.78 is 3.30. The Kier molecular flexibility index (Phi) is 4.66. The predicted octanol–water partition coefficient (Wildman–Crippen LogP) is 3.04. The van der Waals surface area contributed by atoms with Gasteiger partial charge < -0.3 is 5.32 Å². The topological polar surface area (TPSA) is 64.7 Å².